The van der Waals surface area contributed by atoms with E-state index in [4.69, 9.17) is 4.74 Å². The normalized spacial score (nSPS) is 13.6. The number of carbonyl (C=O) groups is 3. The number of hydrogen-bond donors (Lipinski definition) is 0. The number of barbiturate groups is 1. The van der Waals surface area contributed by atoms with E-state index < -0.39 is 17.8 Å². The predicted molar refractivity (Wildman–Crippen MR) is 156 cm³/mol. The molecule has 194 valence electrons. The molecule has 4 amide bonds. The number of para-hydroxylation sites is 2. The van der Waals surface area contributed by atoms with Crippen molar-refractivity contribution < 1.29 is 23.5 Å². The van der Waals surface area contributed by atoms with Gasteiger partial charge in [-0.2, -0.15) is 0 Å². The Kier molecular flexibility index (Phi) is 7.56. The van der Waals surface area contributed by atoms with Crippen LogP contribution in [0.5, 0.6) is 5.75 Å². The van der Waals surface area contributed by atoms with Crippen LogP contribution >= 0.6 is 22.6 Å². The van der Waals surface area contributed by atoms with Crippen molar-refractivity contribution in [1.29, 1.82) is 0 Å². The average molecular weight is 632 g/mol. The van der Waals surface area contributed by atoms with Crippen molar-refractivity contribution in [2.45, 2.75) is 6.42 Å². The molecule has 0 unspecified atom stereocenters. The Morgan fingerprint density at radius 1 is 0.795 bits per heavy atom. The van der Waals surface area contributed by atoms with Crippen LogP contribution in [-0.4, -0.2) is 25.0 Å². The Labute approximate surface area is 238 Å². The second-order valence-corrected chi connectivity index (χ2v) is 9.91. The van der Waals surface area contributed by atoms with Gasteiger partial charge in [-0.1, -0.05) is 54.6 Å². The summed E-state index contributed by atoms with van der Waals surface area (Å²) in [6.45, 7) is 0. The number of nitrogens with zero attached hydrogens (tertiary/aromatic N) is 2. The molecule has 1 aliphatic heterocycles. The zero-order chi connectivity index (χ0) is 27.5. The maximum atomic E-state index is 14.3. The van der Waals surface area contributed by atoms with Crippen LogP contribution in [-0.2, 0) is 16.0 Å². The molecular weight excluding hydrogens is 610 g/mol. The molecule has 1 saturated heterocycles. The standard InChI is InChI=1S/C31H22FIN2O4/c1-39-28-18-20(17-27(33)24(28)19-21-10-8-9-15-26(21)32)16-25-29(36)34(22-11-4-2-5-12-22)31(38)35(30(25)37)23-13-6-3-7-14-23/h2-18H,19H2,1H3. The number of benzene rings is 4. The molecule has 8 heteroatoms. The minimum absolute atomic E-state index is 0.179. The summed E-state index contributed by atoms with van der Waals surface area (Å²) in [4.78, 5) is 42.7. The zero-order valence-corrected chi connectivity index (χ0v) is 23.0. The van der Waals surface area contributed by atoms with Gasteiger partial charge in [-0.05, 0) is 82.3 Å². The van der Waals surface area contributed by atoms with Gasteiger partial charge in [0.15, 0.2) is 0 Å². The van der Waals surface area contributed by atoms with Crippen LogP contribution in [0.1, 0.15) is 16.7 Å². The Morgan fingerprint density at radius 3 is 1.87 bits per heavy atom. The number of imide groups is 2. The number of methoxy groups -OCH3 is 1. The minimum atomic E-state index is -0.757. The highest BCUT2D eigenvalue weighted by atomic mass is 127. The quantitative estimate of drug-likeness (QED) is 0.136. The maximum Gasteiger partial charge on any atom is 0.343 e. The Bertz CT molecular complexity index is 1540. The van der Waals surface area contributed by atoms with Crippen LogP contribution in [0.2, 0.25) is 0 Å². The van der Waals surface area contributed by atoms with Crippen LogP contribution in [0.3, 0.4) is 0 Å². The van der Waals surface area contributed by atoms with E-state index in [2.05, 4.69) is 22.6 Å². The maximum absolute atomic E-state index is 14.3. The van der Waals surface area contributed by atoms with Crippen molar-refractivity contribution in [1.82, 2.24) is 0 Å². The van der Waals surface area contributed by atoms with Gasteiger partial charge in [0.2, 0.25) is 0 Å². The molecule has 1 heterocycles. The first kappa shape index (κ1) is 26.3. The molecule has 0 N–H and O–H groups in total. The van der Waals surface area contributed by atoms with E-state index in [0.717, 1.165) is 18.9 Å². The van der Waals surface area contributed by atoms with Gasteiger partial charge in [0.25, 0.3) is 11.8 Å². The molecule has 0 atom stereocenters. The fourth-order valence-electron chi connectivity index (χ4n) is 4.41. The summed E-state index contributed by atoms with van der Waals surface area (Å²) >= 11 is 2.13. The van der Waals surface area contributed by atoms with Crippen molar-refractivity contribution >= 4 is 57.9 Å². The number of carbonyl (C=O) groups excluding carboxylic acids is 3. The first-order valence-corrected chi connectivity index (χ1v) is 13.1. The van der Waals surface area contributed by atoms with Gasteiger partial charge in [0.1, 0.15) is 17.1 Å². The first-order valence-electron chi connectivity index (χ1n) is 12.0. The Morgan fingerprint density at radius 2 is 1.33 bits per heavy atom. The summed E-state index contributed by atoms with van der Waals surface area (Å²) in [7, 11) is 1.51. The second kappa shape index (κ2) is 11.2. The van der Waals surface area contributed by atoms with Gasteiger partial charge in [-0.15, -0.1) is 0 Å². The number of rotatable bonds is 6. The molecule has 1 aliphatic rings. The minimum Gasteiger partial charge on any atom is -0.496 e. The fraction of sp³-hybridized carbons (Fsp3) is 0.0645. The van der Waals surface area contributed by atoms with Gasteiger partial charge in [0, 0.05) is 15.6 Å². The van der Waals surface area contributed by atoms with E-state index in [0.29, 0.717) is 34.7 Å². The number of hydrogen-bond acceptors (Lipinski definition) is 4. The summed E-state index contributed by atoms with van der Waals surface area (Å²) in [6.07, 6.45) is 1.77. The van der Waals surface area contributed by atoms with Crippen molar-refractivity contribution in [2.75, 3.05) is 16.9 Å². The van der Waals surface area contributed by atoms with Gasteiger partial charge >= 0.3 is 6.03 Å². The van der Waals surface area contributed by atoms with Crippen LogP contribution in [0.4, 0.5) is 20.6 Å². The number of ether oxygens (including phenoxy) is 1. The number of amides is 4. The smallest absolute Gasteiger partial charge is 0.343 e. The molecule has 39 heavy (non-hydrogen) atoms. The third-order valence-corrected chi connectivity index (χ3v) is 7.27. The van der Waals surface area contributed by atoms with E-state index in [1.54, 1.807) is 91.0 Å². The summed E-state index contributed by atoms with van der Waals surface area (Å²) < 4.78 is 20.7. The topological polar surface area (TPSA) is 66.9 Å². The van der Waals surface area contributed by atoms with Crippen LogP contribution in [0.15, 0.2) is 103 Å². The van der Waals surface area contributed by atoms with E-state index in [-0.39, 0.29) is 11.4 Å². The van der Waals surface area contributed by atoms with Crippen LogP contribution < -0.4 is 14.5 Å². The van der Waals surface area contributed by atoms with E-state index in [1.165, 1.54) is 19.3 Å². The van der Waals surface area contributed by atoms with Gasteiger partial charge in [0.05, 0.1) is 18.5 Å². The number of urea groups is 1. The van der Waals surface area contributed by atoms with E-state index in [1.807, 2.05) is 0 Å². The second-order valence-electron chi connectivity index (χ2n) is 8.74. The highest BCUT2D eigenvalue weighted by Crippen LogP contribution is 2.33. The molecule has 4 aromatic carbocycles. The molecule has 0 aliphatic carbocycles. The lowest BCUT2D eigenvalue weighted by molar-refractivity contribution is -0.121. The monoisotopic (exact) mass is 632 g/mol. The van der Waals surface area contributed by atoms with Crippen LogP contribution in [0, 0.1) is 9.39 Å². The molecule has 4 aromatic rings. The van der Waals surface area contributed by atoms with Gasteiger partial charge in [-0.25, -0.2) is 19.0 Å². The third kappa shape index (κ3) is 5.20. The molecule has 6 nitrogen and oxygen atoms in total. The lowest BCUT2D eigenvalue weighted by Gasteiger charge is -2.34. The highest BCUT2D eigenvalue weighted by molar-refractivity contribution is 14.1. The molecule has 5 rings (SSSR count). The molecule has 0 saturated carbocycles. The molecular formula is C31H22FIN2O4. The summed E-state index contributed by atoms with van der Waals surface area (Å²) in [5.41, 5.74) is 2.34. The van der Waals surface area contributed by atoms with Crippen LogP contribution in [0.25, 0.3) is 6.08 Å². The fourth-order valence-corrected chi connectivity index (χ4v) is 5.22. The summed E-state index contributed by atoms with van der Waals surface area (Å²) in [6, 6.07) is 26.2. The molecule has 0 aromatic heterocycles. The number of anilines is 2. The predicted octanol–water partition coefficient (Wildman–Crippen LogP) is 6.61. The molecule has 0 bridgehead atoms. The third-order valence-electron chi connectivity index (χ3n) is 6.31. The van der Waals surface area contributed by atoms with Crippen molar-refractivity contribution in [3.05, 3.63) is 129 Å². The van der Waals surface area contributed by atoms with E-state index >= 15 is 0 Å². The lowest BCUT2D eigenvalue weighted by Crippen LogP contribution is -2.57. The van der Waals surface area contributed by atoms with Crippen molar-refractivity contribution in [3.63, 3.8) is 0 Å². The highest BCUT2D eigenvalue weighted by Gasteiger charge is 2.43. The molecule has 0 spiro atoms. The van der Waals surface area contributed by atoms with Gasteiger partial charge in [-0.3, -0.25) is 9.59 Å². The average Bonchev–Trinajstić information content (AvgIpc) is 2.94. The Balaban J connectivity index is 1.60. The summed E-state index contributed by atoms with van der Waals surface area (Å²) in [5, 5.41) is 0. The van der Waals surface area contributed by atoms with Gasteiger partial charge < -0.3 is 4.74 Å². The largest absolute Gasteiger partial charge is 0.496 e. The lowest BCUT2D eigenvalue weighted by atomic mass is 10.00. The Hall–Kier alpha value is -4.31. The molecule has 0 radical (unpaired) electrons. The van der Waals surface area contributed by atoms with E-state index in [9.17, 15) is 18.8 Å². The zero-order valence-electron chi connectivity index (χ0n) is 20.8. The SMILES string of the molecule is COc1cc(C=C2C(=O)N(c3ccccc3)C(=O)N(c3ccccc3)C2=O)cc(I)c1Cc1ccccc1F. The molecule has 1 fully saturated rings. The number of halogens is 2. The summed E-state index contributed by atoms with van der Waals surface area (Å²) in [5.74, 6) is -1.28. The van der Waals surface area contributed by atoms with Crippen molar-refractivity contribution in [2.24, 2.45) is 0 Å². The first-order chi connectivity index (χ1) is 18.9. The van der Waals surface area contributed by atoms with Crippen molar-refractivity contribution in [3.8, 4) is 5.75 Å².